The number of nitrogens with zero attached hydrogens (tertiary/aromatic N) is 3. The third-order valence-electron chi connectivity index (χ3n) is 8.31. The number of benzene rings is 1. The largest absolute Gasteiger partial charge is 0.481 e. The standard InChI is InChI=1S/C33H42F2N4O5Si/c1-32(2)18-37-31(43-19-32)38-24-8-7-23(34)28(27(24)35)44-25-11-14-36-29-26(25)22(17-39(29)20-42-15-16-45(4,5)6)21-9-12-33(3,13-10-21)30(40)41/h7-9,11,14,17H,10,12-13,15-16,18-20H2,1-6H3,(H,37,38)(H,40,41). The van der Waals surface area contributed by atoms with E-state index in [4.69, 9.17) is 14.2 Å². The molecule has 45 heavy (non-hydrogen) atoms. The smallest absolute Gasteiger partial charge is 0.309 e. The predicted molar refractivity (Wildman–Crippen MR) is 173 cm³/mol. The van der Waals surface area contributed by atoms with Gasteiger partial charge in [0.15, 0.2) is 11.6 Å². The molecule has 9 nitrogen and oxygen atoms in total. The summed E-state index contributed by atoms with van der Waals surface area (Å²) in [6.45, 7) is 14.4. The van der Waals surface area contributed by atoms with Crippen molar-refractivity contribution in [3.05, 3.63) is 53.9 Å². The van der Waals surface area contributed by atoms with E-state index in [1.54, 1.807) is 13.0 Å². The molecule has 0 saturated carbocycles. The number of hydrogen-bond acceptors (Lipinski definition) is 7. The summed E-state index contributed by atoms with van der Waals surface area (Å²) in [5.74, 6) is -3.01. The van der Waals surface area contributed by atoms with Crippen molar-refractivity contribution in [2.24, 2.45) is 15.8 Å². The summed E-state index contributed by atoms with van der Waals surface area (Å²) in [5, 5.41) is 13.1. The van der Waals surface area contributed by atoms with Crippen molar-refractivity contribution in [1.29, 1.82) is 0 Å². The maximum atomic E-state index is 15.8. The van der Waals surface area contributed by atoms with Crippen LogP contribution in [0, 0.1) is 22.5 Å². The molecule has 0 bridgehead atoms. The van der Waals surface area contributed by atoms with Crippen LogP contribution in [0.3, 0.4) is 0 Å². The lowest BCUT2D eigenvalue weighted by Crippen LogP contribution is -2.33. The van der Waals surface area contributed by atoms with Gasteiger partial charge in [-0.15, -0.1) is 0 Å². The van der Waals surface area contributed by atoms with Gasteiger partial charge in [-0.25, -0.2) is 18.8 Å². The van der Waals surface area contributed by atoms with Gasteiger partial charge in [-0.1, -0.05) is 39.6 Å². The Kier molecular flexibility index (Phi) is 9.10. The zero-order valence-corrected chi connectivity index (χ0v) is 27.8. The van der Waals surface area contributed by atoms with Crippen LogP contribution in [-0.4, -0.2) is 54.5 Å². The number of fused-ring (bicyclic) bond motifs is 1. The number of anilines is 1. The molecule has 1 aliphatic heterocycles. The first-order valence-corrected chi connectivity index (χ1v) is 19.0. The molecular formula is C33H42F2N4O5Si. The second-order valence-electron chi connectivity index (χ2n) is 14.2. The number of rotatable bonds is 10. The number of carboxylic acids is 1. The lowest BCUT2D eigenvalue weighted by molar-refractivity contribution is -0.148. The van der Waals surface area contributed by atoms with E-state index in [1.807, 2.05) is 30.7 Å². The Morgan fingerprint density at radius 3 is 2.62 bits per heavy atom. The predicted octanol–water partition coefficient (Wildman–Crippen LogP) is 7.90. The molecule has 0 fully saturated rings. The Morgan fingerprint density at radius 2 is 1.98 bits per heavy atom. The molecule has 0 spiro atoms. The van der Waals surface area contributed by atoms with Gasteiger partial charge in [-0.05, 0) is 56.0 Å². The van der Waals surface area contributed by atoms with Gasteiger partial charge in [0.2, 0.25) is 5.75 Å². The third kappa shape index (κ3) is 7.38. The molecule has 2 aliphatic rings. The second-order valence-corrected chi connectivity index (χ2v) is 19.8. The Labute approximate surface area is 263 Å². The minimum atomic E-state index is -1.30. The van der Waals surface area contributed by atoms with Crippen molar-refractivity contribution in [1.82, 2.24) is 9.55 Å². The summed E-state index contributed by atoms with van der Waals surface area (Å²) in [4.78, 5) is 20.8. The number of halogens is 2. The lowest BCUT2D eigenvalue weighted by Gasteiger charge is -2.28. The number of carboxylic acid groups (broad SMARTS) is 1. The summed E-state index contributed by atoms with van der Waals surface area (Å²) in [6, 6.07) is 5.13. The van der Waals surface area contributed by atoms with Gasteiger partial charge >= 0.3 is 5.97 Å². The molecule has 3 heterocycles. The zero-order valence-electron chi connectivity index (χ0n) is 26.8. The monoisotopic (exact) mass is 640 g/mol. The van der Waals surface area contributed by atoms with Gasteiger partial charge in [0.05, 0.1) is 29.6 Å². The molecular weight excluding hydrogens is 598 g/mol. The first-order chi connectivity index (χ1) is 21.2. The van der Waals surface area contributed by atoms with E-state index >= 15 is 8.78 Å². The Morgan fingerprint density at radius 1 is 1.20 bits per heavy atom. The third-order valence-corrected chi connectivity index (χ3v) is 10.0. The number of pyridine rings is 1. The summed E-state index contributed by atoms with van der Waals surface area (Å²) in [7, 11) is -1.30. The molecule has 0 radical (unpaired) electrons. The zero-order chi connectivity index (χ0) is 32.6. The lowest BCUT2D eigenvalue weighted by atomic mass is 9.75. The van der Waals surface area contributed by atoms with Crippen LogP contribution in [0.4, 0.5) is 14.5 Å². The highest BCUT2D eigenvalue weighted by atomic mass is 28.3. The number of nitrogens with one attached hydrogen (secondary N) is 1. The highest BCUT2D eigenvalue weighted by Gasteiger charge is 2.35. The number of aromatic nitrogens is 2. The van der Waals surface area contributed by atoms with Crippen molar-refractivity contribution in [2.75, 3.05) is 25.1 Å². The Hall–Kier alpha value is -3.77. The molecule has 3 aromatic rings. The van der Waals surface area contributed by atoms with Crippen LogP contribution >= 0.6 is 0 Å². The van der Waals surface area contributed by atoms with E-state index in [2.05, 4.69) is 34.9 Å². The van der Waals surface area contributed by atoms with Crippen molar-refractivity contribution in [3.8, 4) is 11.5 Å². The van der Waals surface area contributed by atoms with Crippen molar-refractivity contribution in [2.45, 2.75) is 72.4 Å². The fourth-order valence-corrected chi connectivity index (χ4v) is 5.98. The first kappa shape index (κ1) is 32.6. The first-order valence-electron chi connectivity index (χ1n) is 15.2. The average Bonchev–Trinajstić information content (AvgIpc) is 3.35. The van der Waals surface area contributed by atoms with Crippen molar-refractivity contribution < 1.29 is 32.9 Å². The average molecular weight is 641 g/mol. The van der Waals surface area contributed by atoms with Gasteiger partial charge in [0, 0.05) is 38.1 Å². The Balaban J connectivity index is 1.51. The van der Waals surface area contributed by atoms with Crippen LogP contribution in [0.2, 0.25) is 25.7 Å². The fraction of sp³-hybridized carbons (Fsp3) is 0.485. The SMILES string of the molecule is CC1(C)CN=C(Nc2ccc(F)c(Oc3ccnc4c3c(C3=CCC(C)(C(=O)O)CC3)cn4COCC[Si](C)(C)C)c2F)OC1. The van der Waals surface area contributed by atoms with Crippen LogP contribution < -0.4 is 10.1 Å². The summed E-state index contributed by atoms with van der Waals surface area (Å²) < 4.78 is 50.5. The van der Waals surface area contributed by atoms with E-state index in [1.165, 1.54) is 12.3 Å². The van der Waals surface area contributed by atoms with Gasteiger partial charge in [0.1, 0.15) is 18.1 Å². The molecule has 2 aromatic heterocycles. The maximum Gasteiger partial charge on any atom is 0.309 e. The molecule has 1 aliphatic carbocycles. The molecule has 1 atom stereocenters. The van der Waals surface area contributed by atoms with Crippen LogP contribution in [-0.2, 0) is 21.0 Å². The van der Waals surface area contributed by atoms with Crippen LogP contribution in [0.1, 0.15) is 45.6 Å². The second kappa shape index (κ2) is 12.6. The van der Waals surface area contributed by atoms with Crippen LogP contribution in [0.15, 0.2) is 41.7 Å². The minimum Gasteiger partial charge on any atom is -0.481 e. The van der Waals surface area contributed by atoms with Gasteiger partial charge < -0.3 is 29.2 Å². The number of carbonyl (C=O) groups is 1. The van der Waals surface area contributed by atoms with Crippen molar-refractivity contribution >= 4 is 42.4 Å². The highest BCUT2D eigenvalue weighted by molar-refractivity contribution is 6.76. The molecule has 0 amide bonds. The summed E-state index contributed by atoms with van der Waals surface area (Å²) in [6.07, 6.45) is 6.67. The normalized spacial score (nSPS) is 19.9. The van der Waals surface area contributed by atoms with E-state index in [0.717, 1.165) is 23.2 Å². The summed E-state index contributed by atoms with van der Waals surface area (Å²) >= 11 is 0. The number of allylic oxidation sites excluding steroid dienone is 2. The fourth-order valence-electron chi connectivity index (χ4n) is 5.22. The number of hydrogen-bond donors (Lipinski definition) is 2. The number of amidine groups is 1. The number of aliphatic carboxylic acids is 1. The van der Waals surface area contributed by atoms with E-state index in [0.29, 0.717) is 50.1 Å². The molecule has 12 heteroatoms. The van der Waals surface area contributed by atoms with E-state index in [-0.39, 0.29) is 29.6 Å². The topological polar surface area (TPSA) is 107 Å². The van der Waals surface area contributed by atoms with E-state index < -0.39 is 36.8 Å². The van der Waals surface area contributed by atoms with Gasteiger partial charge in [-0.2, -0.15) is 0 Å². The Bertz CT molecular complexity index is 1660. The molecule has 2 N–H and O–H groups in total. The van der Waals surface area contributed by atoms with E-state index in [9.17, 15) is 9.90 Å². The molecule has 5 rings (SSSR count). The quantitative estimate of drug-likeness (QED) is 0.171. The van der Waals surface area contributed by atoms with Crippen LogP contribution in [0.25, 0.3) is 16.6 Å². The summed E-state index contributed by atoms with van der Waals surface area (Å²) in [5.41, 5.74) is 1.18. The highest BCUT2D eigenvalue weighted by Crippen LogP contribution is 2.44. The van der Waals surface area contributed by atoms with Crippen molar-refractivity contribution in [3.63, 3.8) is 0 Å². The maximum absolute atomic E-state index is 15.8. The molecule has 242 valence electrons. The molecule has 1 aromatic carbocycles. The number of aliphatic imine (C=N–C) groups is 1. The van der Waals surface area contributed by atoms with Gasteiger partial charge in [-0.3, -0.25) is 4.79 Å². The number of ether oxygens (including phenoxy) is 3. The minimum absolute atomic E-state index is 0.0355. The van der Waals surface area contributed by atoms with Crippen LogP contribution in [0.5, 0.6) is 11.5 Å². The molecule has 0 saturated heterocycles. The van der Waals surface area contributed by atoms with Gasteiger partial charge in [0.25, 0.3) is 6.02 Å². The molecule has 1 unspecified atom stereocenters.